The quantitative estimate of drug-likeness (QED) is 0.616. The molecule has 0 atom stereocenters. The molecular formula is C22H27NO3S2. The molecule has 1 aliphatic rings. The Labute approximate surface area is 176 Å². The van der Waals surface area contributed by atoms with Gasteiger partial charge in [0.1, 0.15) is 0 Å². The Morgan fingerprint density at radius 2 is 1.71 bits per heavy atom. The fourth-order valence-corrected chi connectivity index (χ4v) is 6.07. The molecule has 0 N–H and O–H groups in total. The van der Waals surface area contributed by atoms with Gasteiger partial charge in [0, 0.05) is 18.7 Å². The van der Waals surface area contributed by atoms with Gasteiger partial charge in [-0.15, -0.1) is 23.5 Å². The van der Waals surface area contributed by atoms with Gasteiger partial charge in [-0.25, -0.2) is 0 Å². The molecule has 1 heterocycles. The van der Waals surface area contributed by atoms with Gasteiger partial charge >= 0.3 is 0 Å². The van der Waals surface area contributed by atoms with Crippen LogP contribution in [0.3, 0.4) is 0 Å². The molecule has 3 rings (SSSR count). The Kier molecular flexibility index (Phi) is 7.57. The Hall–Kier alpha value is -1.79. The molecule has 150 valence electrons. The number of ether oxygens (including phenoxy) is 2. The minimum absolute atomic E-state index is 0.0489. The second kappa shape index (κ2) is 10.1. The number of rotatable bonds is 7. The topological polar surface area (TPSA) is 38.8 Å². The maximum Gasteiger partial charge on any atom is 0.254 e. The first-order valence-corrected chi connectivity index (χ1v) is 11.6. The number of methoxy groups -OCH3 is 2. The zero-order valence-corrected chi connectivity index (χ0v) is 18.3. The monoisotopic (exact) mass is 417 g/mol. The van der Waals surface area contributed by atoms with E-state index in [9.17, 15) is 4.79 Å². The van der Waals surface area contributed by atoms with Gasteiger partial charge in [0.05, 0.1) is 18.8 Å². The summed E-state index contributed by atoms with van der Waals surface area (Å²) in [6, 6.07) is 13.9. The Balaban J connectivity index is 1.70. The molecule has 1 fully saturated rings. The molecule has 1 aliphatic heterocycles. The standard InChI is InChI=1S/C22H27NO3S2/c1-4-23(15-16-6-11-19(25-2)20(14-16)26-3)21(24)17-7-9-18(10-8-17)22-27-12-5-13-28-22/h6-11,14,22H,4-5,12-13,15H2,1-3H3. The van der Waals surface area contributed by atoms with Crippen molar-refractivity contribution >= 4 is 29.4 Å². The van der Waals surface area contributed by atoms with Gasteiger partial charge in [0.2, 0.25) is 0 Å². The summed E-state index contributed by atoms with van der Waals surface area (Å²) in [5.41, 5.74) is 3.05. The van der Waals surface area contributed by atoms with Crippen LogP contribution in [0.4, 0.5) is 0 Å². The summed E-state index contributed by atoms with van der Waals surface area (Å²) >= 11 is 3.99. The molecule has 0 saturated carbocycles. The Bertz CT molecular complexity index is 789. The van der Waals surface area contributed by atoms with Gasteiger partial charge in [-0.2, -0.15) is 0 Å². The van der Waals surface area contributed by atoms with Gasteiger partial charge < -0.3 is 14.4 Å². The van der Waals surface area contributed by atoms with Crippen molar-refractivity contribution in [3.63, 3.8) is 0 Å². The van der Waals surface area contributed by atoms with Crippen LogP contribution in [0.5, 0.6) is 11.5 Å². The van der Waals surface area contributed by atoms with E-state index in [4.69, 9.17) is 9.47 Å². The van der Waals surface area contributed by atoms with Crippen molar-refractivity contribution in [3.8, 4) is 11.5 Å². The fraction of sp³-hybridized carbons (Fsp3) is 0.409. The van der Waals surface area contributed by atoms with E-state index in [1.54, 1.807) is 14.2 Å². The largest absolute Gasteiger partial charge is 0.493 e. The molecule has 2 aromatic carbocycles. The van der Waals surface area contributed by atoms with E-state index >= 15 is 0 Å². The number of thioether (sulfide) groups is 2. The summed E-state index contributed by atoms with van der Waals surface area (Å²) in [5, 5.41) is 0. The van der Waals surface area contributed by atoms with Gasteiger partial charge in [-0.3, -0.25) is 4.79 Å². The van der Waals surface area contributed by atoms with Crippen molar-refractivity contribution < 1.29 is 14.3 Å². The number of nitrogens with zero attached hydrogens (tertiary/aromatic N) is 1. The van der Waals surface area contributed by atoms with Crippen LogP contribution in [-0.2, 0) is 6.54 Å². The predicted molar refractivity (Wildman–Crippen MR) is 119 cm³/mol. The van der Waals surface area contributed by atoms with Crippen LogP contribution in [0.25, 0.3) is 0 Å². The van der Waals surface area contributed by atoms with E-state index in [0.717, 1.165) is 11.1 Å². The smallest absolute Gasteiger partial charge is 0.254 e. The average Bonchev–Trinajstić information content (AvgIpc) is 2.77. The highest BCUT2D eigenvalue weighted by Crippen LogP contribution is 2.43. The first kappa shape index (κ1) is 20.9. The highest BCUT2D eigenvalue weighted by Gasteiger charge is 2.19. The molecule has 2 aromatic rings. The van der Waals surface area contributed by atoms with E-state index < -0.39 is 0 Å². The van der Waals surface area contributed by atoms with Crippen LogP contribution in [-0.4, -0.2) is 43.1 Å². The molecule has 0 aliphatic carbocycles. The van der Waals surface area contributed by atoms with Crippen LogP contribution >= 0.6 is 23.5 Å². The maximum atomic E-state index is 13.0. The first-order chi connectivity index (χ1) is 13.7. The summed E-state index contributed by atoms with van der Waals surface area (Å²) in [4.78, 5) is 14.9. The minimum atomic E-state index is 0.0489. The third kappa shape index (κ3) is 4.97. The lowest BCUT2D eigenvalue weighted by Crippen LogP contribution is -2.30. The van der Waals surface area contributed by atoms with E-state index in [1.807, 2.05) is 65.7 Å². The van der Waals surface area contributed by atoms with Gasteiger partial charge in [0.15, 0.2) is 11.5 Å². The highest BCUT2D eigenvalue weighted by molar-refractivity contribution is 8.16. The van der Waals surface area contributed by atoms with Gasteiger partial charge in [0.25, 0.3) is 5.91 Å². The number of carbonyl (C=O) groups is 1. The van der Waals surface area contributed by atoms with E-state index in [1.165, 1.54) is 23.5 Å². The lowest BCUT2D eigenvalue weighted by atomic mass is 10.1. The summed E-state index contributed by atoms with van der Waals surface area (Å²) in [5.74, 6) is 3.85. The first-order valence-electron chi connectivity index (χ1n) is 9.49. The van der Waals surface area contributed by atoms with Crippen LogP contribution in [0, 0.1) is 0 Å². The number of carbonyl (C=O) groups excluding carboxylic acids is 1. The Morgan fingerprint density at radius 1 is 1.04 bits per heavy atom. The zero-order chi connectivity index (χ0) is 19.9. The number of amides is 1. The van der Waals surface area contributed by atoms with Crippen LogP contribution in [0.15, 0.2) is 42.5 Å². The fourth-order valence-electron chi connectivity index (χ4n) is 3.17. The Morgan fingerprint density at radius 3 is 2.32 bits per heavy atom. The zero-order valence-electron chi connectivity index (χ0n) is 16.6. The average molecular weight is 418 g/mol. The van der Waals surface area contributed by atoms with Crippen LogP contribution in [0.2, 0.25) is 0 Å². The summed E-state index contributed by atoms with van der Waals surface area (Å²) < 4.78 is 11.2. The molecule has 4 nitrogen and oxygen atoms in total. The third-order valence-corrected chi connectivity index (χ3v) is 7.76. The molecule has 0 bridgehead atoms. The highest BCUT2D eigenvalue weighted by atomic mass is 32.2. The molecular weight excluding hydrogens is 390 g/mol. The molecule has 6 heteroatoms. The molecule has 1 saturated heterocycles. The summed E-state index contributed by atoms with van der Waals surface area (Å²) in [7, 11) is 3.24. The lowest BCUT2D eigenvalue weighted by Gasteiger charge is -2.23. The van der Waals surface area contributed by atoms with Crippen molar-refractivity contribution in [2.24, 2.45) is 0 Å². The lowest BCUT2D eigenvalue weighted by molar-refractivity contribution is 0.0752. The van der Waals surface area contributed by atoms with Gasteiger partial charge in [-0.05, 0) is 60.2 Å². The van der Waals surface area contributed by atoms with E-state index in [2.05, 4.69) is 12.1 Å². The summed E-state index contributed by atoms with van der Waals surface area (Å²) in [6.45, 7) is 3.18. The summed E-state index contributed by atoms with van der Waals surface area (Å²) in [6.07, 6.45) is 1.28. The van der Waals surface area contributed by atoms with Crippen molar-refractivity contribution in [3.05, 3.63) is 59.2 Å². The molecule has 0 aromatic heterocycles. The maximum absolute atomic E-state index is 13.0. The molecule has 0 spiro atoms. The van der Waals surface area contributed by atoms with Crippen molar-refractivity contribution in [1.82, 2.24) is 4.90 Å². The van der Waals surface area contributed by atoms with Gasteiger partial charge in [-0.1, -0.05) is 18.2 Å². The second-order valence-electron chi connectivity index (χ2n) is 6.56. The predicted octanol–water partition coefficient (Wildman–Crippen LogP) is 5.23. The second-order valence-corrected chi connectivity index (χ2v) is 9.28. The SMILES string of the molecule is CCN(Cc1ccc(OC)c(OC)c1)C(=O)c1ccc(C2SCCCS2)cc1. The van der Waals surface area contributed by atoms with E-state index in [0.29, 0.717) is 29.2 Å². The molecule has 1 amide bonds. The molecule has 0 unspecified atom stereocenters. The number of hydrogen-bond donors (Lipinski definition) is 0. The van der Waals surface area contributed by atoms with Crippen molar-refractivity contribution in [2.75, 3.05) is 32.3 Å². The van der Waals surface area contributed by atoms with Crippen molar-refractivity contribution in [2.45, 2.75) is 24.5 Å². The number of benzene rings is 2. The van der Waals surface area contributed by atoms with Crippen LogP contribution in [0.1, 0.15) is 39.4 Å². The van der Waals surface area contributed by atoms with Crippen LogP contribution < -0.4 is 9.47 Å². The minimum Gasteiger partial charge on any atom is -0.493 e. The van der Waals surface area contributed by atoms with Crippen molar-refractivity contribution in [1.29, 1.82) is 0 Å². The third-order valence-electron chi connectivity index (χ3n) is 4.75. The molecule has 0 radical (unpaired) electrons. The number of hydrogen-bond acceptors (Lipinski definition) is 5. The van der Waals surface area contributed by atoms with E-state index in [-0.39, 0.29) is 5.91 Å². The normalized spacial score (nSPS) is 14.5. The molecule has 28 heavy (non-hydrogen) atoms.